The van der Waals surface area contributed by atoms with E-state index in [0.717, 1.165) is 44.8 Å². The van der Waals surface area contributed by atoms with Crippen LogP contribution in [0.3, 0.4) is 0 Å². The number of hydrogen-bond acceptors (Lipinski definition) is 5. The molecule has 0 aromatic heterocycles. The van der Waals surface area contributed by atoms with E-state index >= 15 is 0 Å². The largest absolute Gasteiger partial charge is 0.501 e. The van der Waals surface area contributed by atoms with Crippen molar-refractivity contribution < 1.29 is 13.3 Å². The quantitative estimate of drug-likeness (QED) is 0.351. The van der Waals surface area contributed by atoms with Crippen molar-refractivity contribution in [3.63, 3.8) is 0 Å². The molecule has 0 aliphatic rings. The van der Waals surface area contributed by atoms with Gasteiger partial charge in [-0.3, -0.25) is 0 Å². The van der Waals surface area contributed by atoms with Crippen LogP contribution in [0.15, 0.2) is 0 Å². The molecule has 3 unspecified atom stereocenters. The van der Waals surface area contributed by atoms with Crippen LogP contribution in [0, 0.1) is 0 Å². The SMILES string of the molecule is CCC(C)O[Si](CCCNCCN)(OC(C)CC)OC(C)CC. The van der Waals surface area contributed by atoms with E-state index in [9.17, 15) is 0 Å². The van der Waals surface area contributed by atoms with Crippen LogP contribution in [0.5, 0.6) is 0 Å². The first-order valence-electron chi connectivity index (χ1n) is 9.37. The summed E-state index contributed by atoms with van der Waals surface area (Å²) in [5.41, 5.74) is 5.52. The Hall–Kier alpha value is 0.0169. The second kappa shape index (κ2) is 13.3. The maximum atomic E-state index is 6.38. The Balaban J connectivity index is 4.94. The molecule has 0 radical (unpaired) electrons. The first-order chi connectivity index (χ1) is 10.9. The molecule has 0 aromatic carbocycles. The number of hydrogen-bond donors (Lipinski definition) is 2. The summed E-state index contributed by atoms with van der Waals surface area (Å²) in [6, 6.07) is 0.851. The van der Waals surface area contributed by atoms with Gasteiger partial charge < -0.3 is 24.3 Å². The van der Waals surface area contributed by atoms with Gasteiger partial charge in [0.25, 0.3) is 0 Å². The molecule has 0 aliphatic carbocycles. The third-order valence-electron chi connectivity index (χ3n) is 4.02. The number of nitrogens with one attached hydrogen (secondary N) is 1. The number of rotatable bonds is 15. The smallest absolute Gasteiger partial charge is 0.371 e. The van der Waals surface area contributed by atoms with E-state index in [-0.39, 0.29) is 18.3 Å². The van der Waals surface area contributed by atoms with Gasteiger partial charge in [0, 0.05) is 37.4 Å². The molecule has 23 heavy (non-hydrogen) atoms. The molecule has 0 aromatic rings. The standard InChI is InChI=1S/C17H40N2O3Si/c1-7-15(4)20-23(21-16(5)8-2,22-17(6)9-3)14-10-12-19-13-11-18/h15-17,19H,7-14,18H2,1-6H3. The van der Waals surface area contributed by atoms with Crippen molar-refractivity contribution in [1.29, 1.82) is 0 Å². The predicted octanol–water partition coefficient (Wildman–Crippen LogP) is 3.31. The van der Waals surface area contributed by atoms with E-state index in [4.69, 9.17) is 19.0 Å². The molecule has 0 amide bonds. The summed E-state index contributed by atoms with van der Waals surface area (Å²) in [5, 5.41) is 3.34. The molecule has 0 heterocycles. The second-order valence-corrected chi connectivity index (χ2v) is 8.91. The molecule has 0 fully saturated rings. The molecule has 0 bridgehead atoms. The van der Waals surface area contributed by atoms with E-state index in [1.165, 1.54) is 0 Å². The average Bonchev–Trinajstić information content (AvgIpc) is 2.54. The highest BCUT2D eigenvalue weighted by Gasteiger charge is 2.44. The van der Waals surface area contributed by atoms with Gasteiger partial charge in [-0.05, 0) is 53.0 Å². The molecule has 0 rings (SSSR count). The first kappa shape index (κ1) is 23.0. The van der Waals surface area contributed by atoms with Gasteiger partial charge in [-0.2, -0.15) is 0 Å². The fourth-order valence-electron chi connectivity index (χ4n) is 2.09. The van der Waals surface area contributed by atoms with Gasteiger partial charge in [-0.25, -0.2) is 0 Å². The van der Waals surface area contributed by atoms with E-state index in [1.807, 2.05) is 0 Å². The van der Waals surface area contributed by atoms with Gasteiger partial charge in [0.2, 0.25) is 0 Å². The Morgan fingerprint density at radius 1 is 0.826 bits per heavy atom. The minimum absolute atomic E-state index is 0.159. The maximum absolute atomic E-state index is 6.38. The lowest BCUT2D eigenvalue weighted by molar-refractivity contribution is -0.0110. The molecule has 0 saturated heterocycles. The van der Waals surface area contributed by atoms with Gasteiger partial charge in [0.05, 0.1) is 0 Å². The molecule has 0 spiro atoms. The Morgan fingerprint density at radius 3 is 1.61 bits per heavy atom. The summed E-state index contributed by atoms with van der Waals surface area (Å²) >= 11 is 0. The van der Waals surface area contributed by atoms with Gasteiger partial charge >= 0.3 is 8.80 Å². The lowest BCUT2D eigenvalue weighted by Crippen LogP contribution is -2.51. The first-order valence-corrected chi connectivity index (χ1v) is 11.3. The molecule has 0 aliphatic heterocycles. The molecule has 6 heteroatoms. The maximum Gasteiger partial charge on any atom is 0.501 e. The van der Waals surface area contributed by atoms with Crippen molar-refractivity contribution in [2.75, 3.05) is 19.6 Å². The minimum atomic E-state index is -2.68. The molecule has 0 saturated carbocycles. The second-order valence-electron chi connectivity index (χ2n) is 6.34. The molecule has 3 N–H and O–H groups in total. The summed E-state index contributed by atoms with van der Waals surface area (Å²) in [5.74, 6) is 0. The fourth-order valence-corrected chi connectivity index (χ4v) is 5.56. The van der Waals surface area contributed by atoms with Crippen molar-refractivity contribution >= 4 is 8.80 Å². The van der Waals surface area contributed by atoms with Crippen molar-refractivity contribution in [3.8, 4) is 0 Å². The van der Waals surface area contributed by atoms with Crippen LogP contribution in [-0.4, -0.2) is 46.8 Å². The van der Waals surface area contributed by atoms with Gasteiger partial charge in [-0.1, -0.05) is 20.8 Å². The van der Waals surface area contributed by atoms with E-state index in [2.05, 4.69) is 46.9 Å². The molecule has 5 nitrogen and oxygen atoms in total. The minimum Gasteiger partial charge on any atom is -0.371 e. The van der Waals surface area contributed by atoms with Crippen molar-refractivity contribution in [2.45, 2.75) is 91.6 Å². The summed E-state index contributed by atoms with van der Waals surface area (Å²) in [6.45, 7) is 15.2. The molecular formula is C17H40N2O3Si. The average molecular weight is 349 g/mol. The van der Waals surface area contributed by atoms with Crippen LogP contribution in [0.4, 0.5) is 0 Å². The van der Waals surface area contributed by atoms with E-state index in [0.29, 0.717) is 6.54 Å². The lowest BCUT2D eigenvalue weighted by atomic mass is 10.3. The Labute approximate surface area is 145 Å². The Kier molecular flexibility index (Phi) is 13.3. The summed E-state index contributed by atoms with van der Waals surface area (Å²) in [4.78, 5) is 0. The van der Waals surface area contributed by atoms with Crippen LogP contribution < -0.4 is 11.1 Å². The van der Waals surface area contributed by atoms with Crippen LogP contribution in [-0.2, 0) is 13.3 Å². The van der Waals surface area contributed by atoms with E-state index in [1.54, 1.807) is 0 Å². The summed E-state index contributed by atoms with van der Waals surface area (Å²) in [6.07, 6.45) is 4.36. The van der Waals surface area contributed by atoms with Crippen LogP contribution >= 0.6 is 0 Å². The Bertz CT molecular complexity index is 251. The van der Waals surface area contributed by atoms with Crippen molar-refractivity contribution in [2.24, 2.45) is 5.73 Å². The molecule has 140 valence electrons. The third kappa shape index (κ3) is 10.5. The molecular weight excluding hydrogens is 308 g/mol. The zero-order valence-corrected chi connectivity index (χ0v) is 17.2. The van der Waals surface area contributed by atoms with Gasteiger partial charge in [0.15, 0.2) is 0 Å². The molecule has 3 atom stereocenters. The van der Waals surface area contributed by atoms with Gasteiger partial charge in [0.1, 0.15) is 0 Å². The highest BCUT2D eigenvalue weighted by molar-refractivity contribution is 6.60. The zero-order valence-electron chi connectivity index (χ0n) is 16.2. The summed E-state index contributed by atoms with van der Waals surface area (Å²) in [7, 11) is -2.68. The normalized spacial score (nSPS) is 18.4. The van der Waals surface area contributed by atoms with Gasteiger partial charge in [-0.15, -0.1) is 0 Å². The van der Waals surface area contributed by atoms with Crippen molar-refractivity contribution in [1.82, 2.24) is 5.32 Å². The topological polar surface area (TPSA) is 65.7 Å². The highest BCUT2D eigenvalue weighted by Crippen LogP contribution is 2.25. The fraction of sp³-hybridized carbons (Fsp3) is 1.00. The van der Waals surface area contributed by atoms with E-state index < -0.39 is 8.80 Å². The van der Waals surface area contributed by atoms with Crippen LogP contribution in [0.25, 0.3) is 0 Å². The lowest BCUT2D eigenvalue weighted by Gasteiger charge is -2.36. The number of nitrogens with two attached hydrogens (primary N) is 1. The monoisotopic (exact) mass is 348 g/mol. The van der Waals surface area contributed by atoms with Crippen LogP contribution in [0.1, 0.15) is 67.2 Å². The Morgan fingerprint density at radius 2 is 1.26 bits per heavy atom. The summed E-state index contributed by atoms with van der Waals surface area (Å²) < 4.78 is 19.1. The third-order valence-corrected chi connectivity index (χ3v) is 7.27. The zero-order chi connectivity index (χ0) is 17.7. The van der Waals surface area contributed by atoms with Crippen molar-refractivity contribution in [3.05, 3.63) is 0 Å². The van der Waals surface area contributed by atoms with Crippen LogP contribution in [0.2, 0.25) is 6.04 Å². The predicted molar refractivity (Wildman–Crippen MR) is 99.6 cm³/mol. The highest BCUT2D eigenvalue weighted by atomic mass is 28.4.